The summed E-state index contributed by atoms with van der Waals surface area (Å²) in [4.78, 5) is 5.92. The Labute approximate surface area is 130 Å². The molecule has 3 aromatic rings. The molecule has 0 saturated carbocycles. The maximum atomic E-state index is 3.59. The number of benzene rings is 2. The fourth-order valence-electron chi connectivity index (χ4n) is 3.22. The van der Waals surface area contributed by atoms with E-state index >= 15 is 0 Å². The summed E-state index contributed by atoms with van der Waals surface area (Å²) in [6.07, 6.45) is 1.08. The van der Waals surface area contributed by atoms with Gasteiger partial charge in [0.15, 0.2) is 0 Å². The van der Waals surface area contributed by atoms with Crippen molar-refractivity contribution >= 4 is 10.9 Å². The summed E-state index contributed by atoms with van der Waals surface area (Å²) in [6.45, 7) is 1.04. The van der Waals surface area contributed by atoms with Gasteiger partial charge in [-0.1, -0.05) is 48.2 Å². The van der Waals surface area contributed by atoms with Crippen LogP contribution in [0.3, 0.4) is 0 Å². The molecule has 2 heterocycles. The molecule has 0 aliphatic carbocycles. The molecule has 1 unspecified atom stereocenters. The first kappa shape index (κ1) is 13.2. The van der Waals surface area contributed by atoms with E-state index in [9.17, 15) is 0 Å². The van der Waals surface area contributed by atoms with Gasteiger partial charge >= 0.3 is 0 Å². The van der Waals surface area contributed by atoms with Crippen molar-refractivity contribution in [1.82, 2.24) is 9.88 Å². The number of likely N-dealkylation sites (N-methyl/N-ethyl adjacent to an activating group) is 1. The number of hydrogen-bond donors (Lipinski definition) is 1. The molecule has 1 aromatic heterocycles. The van der Waals surface area contributed by atoms with Crippen LogP contribution in [0, 0.1) is 11.8 Å². The van der Waals surface area contributed by atoms with Gasteiger partial charge < -0.3 is 4.98 Å². The predicted molar refractivity (Wildman–Crippen MR) is 90.7 cm³/mol. The lowest BCUT2D eigenvalue weighted by Gasteiger charge is -2.29. The molecule has 2 aromatic carbocycles. The topological polar surface area (TPSA) is 19.0 Å². The standard InChI is InChI=1S/C20H18N2/c1-22-14-13-17-16-9-5-6-10-18(16)21-20(17)19(22)12-11-15-7-3-2-4-8-15/h2-10,19,21H,13-14H2,1H3. The predicted octanol–water partition coefficient (Wildman–Crippen LogP) is 3.75. The number of H-pyrrole nitrogens is 1. The minimum Gasteiger partial charge on any atom is -0.356 e. The average molecular weight is 286 g/mol. The van der Waals surface area contributed by atoms with Gasteiger partial charge in [-0.05, 0) is 37.2 Å². The second-order valence-electron chi connectivity index (χ2n) is 5.83. The second-order valence-corrected chi connectivity index (χ2v) is 5.83. The van der Waals surface area contributed by atoms with Gasteiger partial charge in [-0.3, -0.25) is 4.90 Å². The van der Waals surface area contributed by atoms with E-state index in [-0.39, 0.29) is 6.04 Å². The molecule has 0 amide bonds. The Morgan fingerprint density at radius 2 is 1.82 bits per heavy atom. The fraction of sp³-hybridized carbons (Fsp3) is 0.200. The third-order valence-corrected chi connectivity index (χ3v) is 4.40. The first-order chi connectivity index (χ1) is 10.8. The van der Waals surface area contributed by atoms with Crippen LogP contribution in [0.5, 0.6) is 0 Å². The zero-order valence-electron chi connectivity index (χ0n) is 12.6. The number of fused-ring (bicyclic) bond motifs is 3. The van der Waals surface area contributed by atoms with Crippen LogP contribution in [0.1, 0.15) is 22.9 Å². The fourth-order valence-corrected chi connectivity index (χ4v) is 3.22. The van der Waals surface area contributed by atoms with E-state index < -0.39 is 0 Å². The zero-order valence-corrected chi connectivity index (χ0v) is 12.6. The highest BCUT2D eigenvalue weighted by Gasteiger charge is 2.26. The Morgan fingerprint density at radius 1 is 1.05 bits per heavy atom. The van der Waals surface area contributed by atoms with Gasteiger partial charge in [0.05, 0.1) is 0 Å². The molecule has 1 atom stereocenters. The molecule has 108 valence electrons. The molecule has 2 heteroatoms. The quantitative estimate of drug-likeness (QED) is 0.624. The lowest BCUT2D eigenvalue weighted by molar-refractivity contribution is 0.276. The van der Waals surface area contributed by atoms with E-state index in [1.807, 2.05) is 18.2 Å². The second kappa shape index (κ2) is 5.36. The van der Waals surface area contributed by atoms with Gasteiger partial charge in [-0.25, -0.2) is 0 Å². The first-order valence-corrected chi connectivity index (χ1v) is 7.69. The lowest BCUT2D eigenvalue weighted by Crippen LogP contribution is -2.31. The van der Waals surface area contributed by atoms with Crippen LogP contribution < -0.4 is 0 Å². The van der Waals surface area contributed by atoms with E-state index in [0.717, 1.165) is 18.5 Å². The number of aromatic nitrogens is 1. The van der Waals surface area contributed by atoms with Gasteiger partial charge in [0.2, 0.25) is 0 Å². The molecule has 0 saturated heterocycles. The van der Waals surface area contributed by atoms with E-state index in [4.69, 9.17) is 0 Å². The molecule has 0 radical (unpaired) electrons. The number of aromatic amines is 1. The molecule has 0 spiro atoms. The highest BCUT2D eigenvalue weighted by atomic mass is 15.1. The van der Waals surface area contributed by atoms with Crippen molar-refractivity contribution in [3.05, 3.63) is 71.4 Å². The SMILES string of the molecule is CN1CCc2c([nH]c3ccccc23)C1C#Cc1ccccc1. The summed E-state index contributed by atoms with van der Waals surface area (Å²) < 4.78 is 0. The van der Waals surface area contributed by atoms with Crippen molar-refractivity contribution in [2.24, 2.45) is 0 Å². The number of nitrogens with one attached hydrogen (secondary N) is 1. The molecule has 0 fully saturated rings. The summed E-state index contributed by atoms with van der Waals surface area (Å²) >= 11 is 0. The minimum atomic E-state index is 0.136. The van der Waals surface area contributed by atoms with E-state index in [2.05, 4.69) is 65.2 Å². The van der Waals surface area contributed by atoms with Gasteiger partial charge in [0.25, 0.3) is 0 Å². The molecule has 2 nitrogen and oxygen atoms in total. The van der Waals surface area contributed by atoms with E-state index in [0.29, 0.717) is 0 Å². The van der Waals surface area contributed by atoms with Crippen molar-refractivity contribution in [1.29, 1.82) is 0 Å². The van der Waals surface area contributed by atoms with Gasteiger partial charge in [-0.15, -0.1) is 0 Å². The Kier molecular flexibility index (Phi) is 3.21. The molecule has 1 aliphatic heterocycles. The van der Waals surface area contributed by atoms with Crippen molar-refractivity contribution < 1.29 is 0 Å². The van der Waals surface area contributed by atoms with Crippen LogP contribution >= 0.6 is 0 Å². The maximum Gasteiger partial charge on any atom is 0.112 e. The summed E-state index contributed by atoms with van der Waals surface area (Å²) in [6, 6.07) is 18.9. The largest absolute Gasteiger partial charge is 0.356 e. The van der Waals surface area contributed by atoms with Crippen LogP contribution in [-0.4, -0.2) is 23.5 Å². The van der Waals surface area contributed by atoms with E-state index in [1.165, 1.54) is 22.2 Å². The first-order valence-electron chi connectivity index (χ1n) is 7.69. The smallest absolute Gasteiger partial charge is 0.112 e. The average Bonchev–Trinajstić information content (AvgIpc) is 2.93. The Hall–Kier alpha value is -2.50. The summed E-state index contributed by atoms with van der Waals surface area (Å²) in [5, 5.41) is 1.34. The Bertz CT molecular complexity index is 865. The summed E-state index contributed by atoms with van der Waals surface area (Å²) in [5.41, 5.74) is 4.98. The van der Waals surface area contributed by atoms with Crippen molar-refractivity contribution in [3.63, 3.8) is 0 Å². The van der Waals surface area contributed by atoms with Crippen molar-refractivity contribution in [2.75, 3.05) is 13.6 Å². The van der Waals surface area contributed by atoms with Gasteiger partial charge in [-0.2, -0.15) is 0 Å². The van der Waals surface area contributed by atoms with Crippen LogP contribution in [0.25, 0.3) is 10.9 Å². The molecule has 0 bridgehead atoms. The third-order valence-electron chi connectivity index (χ3n) is 4.40. The number of nitrogens with zero attached hydrogens (tertiary/aromatic N) is 1. The number of para-hydroxylation sites is 1. The lowest BCUT2D eigenvalue weighted by atomic mass is 9.98. The van der Waals surface area contributed by atoms with E-state index in [1.54, 1.807) is 0 Å². The maximum absolute atomic E-state index is 3.59. The van der Waals surface area contributed by atoms with Crippen LogP contribution in [0.2, 0.25) is 0 Å². The third kappa shape index (κ3) is 2.20. The Balaban J connectivity index is 1.79. The van der Waals surface area contributed by atoms with Crippen molar-refractivity contribution in [3.8, 4) is 11.8 Å². The normalized spacial score (nSPS) is 17.8. The summed E-state index contributed by atoms with van der Waals surface area (Å²) in [7, 11) is 2.15. The highest BCUT2D eigenvalue weighted by molar-refractivity contribution is 5.85. The molecular weight excluding hydrogens is 268 g/mol. The Morgan fingerprint density at radius 3 is 2.68 bits per heavy atom. The number of rotatable bonds is 0. The number of hydrogen-bond acceptors (Lipinski definition) is 1. The zero-order chi connectivity index (χ0) is 14.9. The van der Waals surface area contributed by atoms with Crippen molar-refractivity contribution in [2.45, 2.75) is 12.5 Å². The van der Waals surface area contributed by atoms with Crippen LogP contribution in [-0.2, 0) is 6.42 Å². The van der Waals surface area contributed by atoms with Gasteiger partial charge in [0.1, 0.15) is 6.04 Å². The molecule has 1 aliphatic rings. The van der Waals surface area contributed by atoms with Gasteiger partial charge in [0, 0.05) is 28.7 Å². The van der Waals surface area contributed by atoms with Crippen LogP contribution in [0.15, 0.2) is 54.6 Å². The minimum absolute atomic E-state index is 0.136. The molecule has 1 N–H and O–H groups in total. The van der Waals surface area contributed by atoms with Crippen LogP contribution in [0.4, 0.5) is 0 Å². The molecule has 4 rings (SSSR count). The molecule has 22 heavy (non-hydrogen) atoms. The monoisotopic (exact) mass is 286 g/mol. The summed E-state index contributed by atoms with van der Waals surface area (Å²) in [5.74, 6) is 6.77. The molecular formula is C20H18N2. The highest BCUT2D eigenvalue weighted by Crippen LogP contribution is 2.33.